The summed E-state index contributed by atoms with van der Waals surface area (Å²) in [5.41, 5.74) is -0.455. The topological polar surface area (TPSA) is 111 Å². The van der Waals surface area contributed by atoms with Gasteiger partial charge in [0.2, 0.25) is 11.2 Å². The van der Waals surface area contributed by atoms with Gasteiger partial charge in [0.15, 0.2) is 23.0 Å². The minimum atomic E-state index is -0.668. The molecule has 1 aliphatic carbocycles. The lowest BCUT2D eigenvalue weighted by molar-refractivity contribution is 0.356. The van der Waals surface area contributed by atoms with Crippen molar-refractivity contribution in [2.24, 2.45) is 0 Å². The van der Waals surface area contributed by atoms with Crippen molar-refractivity contribution >= 4 is 0 Å². The first-order valence-corrected chi connectivity index (χ1v) is 7.59. The SMILES string of the molecule is O=c1cc(C2CCCCC2)oc(-c2cc(O)c(O)c(O)c2)c1O. The molecule has 0 radical (unpaired) electrons. The normalized spacial score (nSPS) is 15.7. The summed E-state index contributed by atoms with van der Waals surface area (Å²) in [6.07, 6.45) is 5.11. The number of rotatable bonds is 2. The maximum atomic E-state index is 12.0. The van der Waals surface area contributed by atoms with E-state index in [0.29, 0.717) is 5.76 Å². The minimum Gasteiger partial charge on any atom is -0.504 e. The van der Waals surface area contributed by atoms with Crippen molar-refractivity contribution < 1.29 is 24.8 Å². The van der Waals surface area contributed by atoms with Gasteiger partial charge in [-0.2, -0.15) is 0 Å². The number of hydrogen-bond donors (Lipinski definition) is 4. The van der Waals surface area contributed by atoms with Crippen LogP contribution in [0.2, 0.25) is 0 Å². The van der Waals surface area contributed by atoms with Crippen molar-refractivity contribution in [3.63, 3.8) is 0 Å². The molecule has 1 aromatic heterocycles. The highest BCUT2D eigenvalue weighted by Crippen LogP contribution is 2.41. The molecule has 2 aromatic rings. The molecule has 23 heavy (non-hydrogen) atoms. The Morgan fingerprint density at radius 1 is 0.870 bits per heavy atom. The predicted molar refractivity (Wildman–Crippen MR) is 82.9 cm³/mol. The Kier molecular flexibility index (Phi) is 3.90. The fourth-order valence-corrected chi connectivity index (χ4v) is 3.02. The largest absolute Gasteiger partial charge is 0.504 e. The van der Waals surface area contributed by atoms with Crippen LogP contribution in [0.25, 0.3) is 11.3 Å². The van der Waals surface area contributed by atoms with Crippen molar-refractivity contribution in [2.45, 2.75) is 38.0 Å². The average molecular weight is 318 g/mol. The van der Waals surface area contributed by atoms with E-state index >= 15 is 0 Å². The van der Waals surface area contributed by atoms with Gasteiger partial charge < -0.3 is 24.8 Å². The lowest BCUT2D eigenvalue weighted by Gasteiger charge is -2.21. The van der Waals surface area contributed by atoms with Crippen LogP contribution in [0, 0.1) is 0 Å². The lowest BCUT2D eigenvalue weighted by atomic mass is 9.87. The molecular weight excluding hydrogens is 300 g/mol. The highest BCUT2D eigenvalue weighted by Gasteiger charge is 2.22. The van der Waals surface area contributed by atoms with E-state index in [-0.39, 0.29) is 17.2 Å². The van der Waals surface area contributed by atoms with Gasteiger partial charge in [-0.15, -0.1) is 0 Å². The molecule has 6 nitrogen and oxygen atoms in total. The number of benzene rings is 1. The van der Waals surface area contributed by atoms with Crippen LogP contribution in [0.15, 0.2) is 27.4 Å². The van der Waals surface area contributed by atoms with Crippen LogP contribution in [0.3, 0.4) is 0 Å². The first-order chi connectivity index (χ1) is 11.0. The maximum absolute atomic E-state index is 12.0. The smallest absolute Gasteiger partial charge is 0.227 e. The van der Waals surface area contributed by atoms with Gasteiger partial charge in [0.05, 0.1) is 0 Å². The maximum Gasteiger partial charge on any atom is 0.227 e. The van der Waals surface area contributed by atoms with Gasteiger partial charge in [-0.1, -0.05) is 19.3 Å². The molecule has 0 saturated heterocycles. The molecular formula is C17H18O6. The molecule has 6 heteroatoms. The van der Waals surface area contributed by atoms with E-state index in [4.69, 9.17) is 4.42 Å². The van der Waals surface area contributed by atoms with Crippen molar-refractivity contribution in [2.75, 3.05) is 0 Å². The number of hydrogen-bond acceptors (Lipinski definition) is 6. The molecule has 1 fully saturated rings. The molecule has 1 aliphatic rings. The molecule has 1 saturated carbocycles. The molecule has 0 unspecified atom stereocenters. The molecule has 0 bridgehead atoms. The Hall–Kier alpha value is -2.63. The summed E-state index contributed by atoms with van der Waals surface area (Å²) >= 11 is 0. The van der Waals surface area contributed by atoms with Crippen molar-refractivity contribution in [3.05, 3.63) is 34.2 Å². The van der Waals surface area contributed by atoms with Gasteiger partial charge in [-0.05, 0) is 25.0 Å². The third-order valence-corrected chi connectivity index (χ3v) is 4.28. The van der Waals surface area contributed by atoms with Gasteiger partial charge in [0.25, 0.3) is 0 Å². The van der Waals surface area contributed by atoms with Crippen LogP contribution < -0.4 is 5.43 Å². The fourth-order valence-electron chi connectivity index (χ4n) is 3.02. The lowest BCUT2D eigenvalue weighted by Crippen LogP contribution is -2.09. The Morgan fingerprint density at radius 2 is 1.48 bits per heavy atom. The van der Waals surface area contributed by atoms with Gasteiger partial charge in [-0.25, -0.2) is 0 Å². The monoisotopic (exact) mass is 318 g/mol. The van der Waals surface area contributed by atoms with Crippen LogP contribution in [-0.2, 0) is 0 Å². The standard InChI is InChI=1S/C17H18O6/c18-11-6-10(7-12(19)15(11)21)17-16(22)13(20)8-14(23-17)9-4-2-1-3-5-9/h6-9,18-19,21-22H,1-5H2. The first-order valence-electron chi connectivity index (χ1n) is 7.59. The van der Waals surface area contributed by atoms with Crippen molar-refractivity contribution in [1.29, 1.82) is 0 Å². The van der Waals surface area contributed by atoms with E-state index in [0.717, 1.165) is 44.2 Å². The molecule has 0 spiro atoms. The van der Waals surface area contributed by atoms with E-state index in [9.17, 15) is 25.2 Å². The van der Waals surface area contributed by atoms with Gasteiger partial charge in [0, 0.05) is 17.5 Å². The Balaban J connectivity index is 2.11. The molecule has 1 aromatic carbocycles. The van der Waals surface area contributed by atoms with E-state index in [1.807, 2.05) is 0 Å². The average Bonchev–Trinajstić information content (AvgIpc) is 2.55. The molecule has 3 rings (SSSR count). The summed E-state index contributed by atoms with van der Waals surface area (Å²) in [6.45, 7) is 0. The van der Waals surface area contributed by atoms with Crippen LogP contribution in [0.4, 0.5) is 0 Å². The summed E-state index contributed by atoms with van der Waals surface area (Å²) in [5.74, 6) is -1.89. The first kappa shape index (κ1) is 15.3. The van der Waals surface area contributed by atoms with Crippen LogP contribution in [0.5, 0.6) is 23.0 Å². The zero-order valence-corrected chi connectivity index (χ0v) is 12.5. The Bertz CT molecular complexity index is 763. The Labute approximate surface area is 132 Å². The number of phenols is 3. The molecule has 1 heterocycles. The highest BCUT2D eigenvalue weighted by atomic mass is 16.4. The van der Waals surface area contributed by atoms with Crippen molar-refractivity contribution in [1.82, 2.24) is 0 Å². The number of aromatic hydroxyl groups is 4. The molecule has 4 N–H and O–H groups in total. The van der Waals surface area contributed by atoms with E-state index in [1.54, 1.807) is 0 Å². The predicted octanol–water partition coefficient (Wildman–Crippen LogP) is 3.18. The van der Waals surface area contributed by atoms with Crippen LogP contribution >= 0.6 is 0 Å². The second kappa shape index (κ2) is 5.87. The third kappa shape index (κ3) is 2.84. The summed E-state index contributed by atoms with van der Waals surface area (Å²) in [4.78, 5) is 12.0. The van der Waals surface area contributed by atoms with Crippen LogP contribution in [0.1, 0.15) is 43.8 Å². The molecule has 0 atom stereocenters. The fraction of sp³-hybridized carbons (Fsp3) is 0.353. The quantitative estimate of drug-likeness (QED) is 0.633. The van der Waals surface area contributed by atoms with Gasteiger partial charge >= 0.3 is 0 Å². The van der Waals surface area contributed by atoms with Crippen LogP contribution in [-0.4, -0.2) is 20.4 Å². The summed E-state index contributed by atoms with van der Waals surface area (Å²) in [7, 11) is 0. The van der Waals surface area contributed by atoms with E-state index < -0.39 is 28.4 Å². The highest BCUT2D eigenvalue weighted by molar-refractivity contribution is 5.70. The second-order valence-corrected chi connectivity index (χ2v) is 5.89. The molecule has 0 amide bonds. The van der Waals surface area contributed by atoms with E-state index in [1.165, 1.54) is 6.07 Å². The summed E-state index contributed by atoms with van der Waals surface area (Å²) in [6, 6.07) is 3.55. The summed E-state index contributed by atoms with van der Waals surface area (Å²) < 4.78 is 5.71. The zero-order chi connectivity index (χ0) is 16.6. The van der Waals surface area contributed by atoms with Gasteiger partial charge in [0.1, 0.15) is 5.76 Å². The summed E-state index contributed by atoms with van der Waals surface area (Å²) in [5, 5.41) is 38.6. The van der Waals surface area contributed by atoms with Crippen molar-refractivity contribution in [3.8, 4) is 34.3 Å². The second-order valence-electron chi connectivity index (χ2n) is 5.89. The zero-order valence-electron chi connectivity index (χ0n) is 12.5. The third-order valence-electron chi connectivity index (χ3n) is 4.28. The van der Waals surface area contributed by atoms with E-state index in [2.05, 4.69) is 0 Å². The molecule has 122 valence electrons. The number of phenolic OH excluding ortho intramolecular Hbond substituents is 3. The van der Waals surface area contributed by atoms with Gasteiger partial charge in [-0.3, -0.25) is 4.79 Å². The minimum absolute atomic E-state index is 0.116. The molecule has 0 aliphatic heterocycles. The Morgan fingerprint density at radius 3 is 2.09 bits per heavy atom.